The second-order valence-corrected chi connectivity index (χ2v) is 5.33. The van der Waals surface area contributed by atoms with Crippen molar-refractivity contribution >= 4 is 5.69 Å². The molecule has 3 rings (SSSR count). The smallest absolute Gasteiger partial charge is 0.0876 e. The van der Waals surface area contributed by atoms with Crippen LogP contribution in [0.2, 0.25) is 0 Å². The number of ether oxygens (including phenoxy) is 1. The number of rotatable bonds is 4. The summed E-state index contributed by atoms with van der Waals surface area (Å²) in [6.45, 7) is 0. The molecule has 1 N–H and O–H groups in total. The minimum atomic E-state index is 0.387. The third-order valence-electron chi connectivity index (χ3n) is 3.97. The van der Waals surface area contributed by atoms with Gasteiger partial charge in [0, 0.05) is 25.5 Å². The molecule has 0 amide bonds. The fourth-order valence-electron chi connectivity index (χ4n) is 2.92. The van der Waals surface area contributed by atoms with Crippen molar-refractivity contribution in [2.24, 2.45) is 0 Å². The van der Waals surface area contributed by atoms with Gasteiger partial charge in [-0.05, 0) is 43.9 Å². The first-order valence-corrected chi connectivity index (χ1v) is 7.25. The molecule has 1 heterocycles. The van der Waals surface area contributed by atoms with Gasteiger partial charge in [0.1, 0.15) is 0 Å². The van der Waals surface area contributed by atoms with E-state index < -0.39 is 0 Å². The van der Waals surface area contributed by atoms with E-state index in [-0.39, 0.29) is 0 Å². The maximum absolute atomic E-state index is 5.50. The maximum Gasteiger partial charge on any atom is 0.0876 e. The third-order valence-corrected chi connectivity index (χ3v) is 3.97. The molecule has 4 nitrogen and oxygen atoms in total. The largest absolute Gasteiger partial charge is 0.381 e. The van der Waals surface area contributed by atoms with Crippen LogP contribution in [0.1, 0.15) is 25.7 Å². The van der Waals surface area contributed by atoms with Gasteiger partial charge in [0.25, 0.3) is 0 Å². The molecule has 1 aliphatic carbocycles. The van der Waals surface area contributed by atoms with Crippen molar-refractivity contribution in [2.45, 2.75) is 37.8 Å². The van der Waals surface area contributed by atoms with Crippen molar-refractivity contribution in [3.8, 4) is 5.69 Å². The minimum absolute atomic E-state index is 0.387. The van der Waals surface area contributed by atoms with Gasteiger partial charge >= 0.3 is 0 Å². The third kappa shape index (κ3) is 2.85. The highest BCUT2D eigenvalue weighted by molar-refractivity contribution is 5.61. The summed E-state index contributed by atoms with van der Waals surface area (Å²) < 4.78 is 7.41. The quantitative estimate of drug-likeness (QED) is 0.928. The zero-order valence-electron chi connectivity index (χ0n) is 11.8. The first-order chi connectivity index (χ1) is 9.86. The van der Waals surface area contributed by atoms with E-state index in [1.165, 1.54) is 19.3 Å². The number of nitrogens with one attached hydrogen (secondary N) is 1. The lowest BCUT2D eigenvalue weighted by atomic mass is 9.92. The highest BCUT2D eigenvalue weighted by Gasteiger charge is 2.22. The van der Waals surface area contributed by atoms with Crippen LogP contribution in [0.15, 0.2) is 42.7 Å². The molecule has 0 aliphatic heterocycles. The highest BCUT2D eigenvalue weighted by Crippen LogP contribution is 2.26. The molecule has 1 saturated carbocycles. The molecule has 0 bridgehead atoms. The normalized spacial score (nSPS) is 22.6. The summed E-state index contributed by atoms with van der Waals surface area (Å²) in [6.07, 6.45) is 8.84. The lowest BCUT2D eigenvalue weighted by Gasteiger charge is -2.30. The van der Waals surface area contributed by atoms with Crippen molar-refractivity contribution in [2.75, 3.05) is 12.4 Å². The topological polar surface area (TPSA) is 39.1 Å². The SMILES string of the molecule is COC1CCCC(Nc2ccccc2-n2cccn2)C1. The summed E-state index contributed by atoms with van der Waals surface area (Å²) in [6, 6.07) is 10.7. The summed E-state index contributed by atoms with van der Waals surface area (Å²) in [5.41, 5.74) is 2.23. The van der Waals surface area contributed by atoms with Gasteiger partial charge in [-0.15, -0.1) is 0 Å². The van der Waals surface area contributed by atoms with Gasteiger partial charge in [-0.3, -0.25) is 0 Å². The Morgan fingerprint density at radius 3 is 2.95 bits per heavy atom. The number of hydrogen-bond acceptors (Lipinski definition) is 3. The van der Waals surface area contributed by atoms with Crippen LogP contribution in [0.4, 0.5) is 5.69 Å². The summed E-state index contributed by atoms with van der Waals surface area (Å²) >= 11 is 0. The Bertz CT molecular complexity index is 538. The van der Waals surface area contributed by atoms with E-state index in [9.17, 15) is 0 Å². The molecule has 1 fully saturated rings. The van der Waals surface area contributed by atoms with E-state index in [2.05, 4.69) is 28.6 Å². The molecule has 0 spiro atoms. The van der Waals surface area contributed by atoms with Crippen LogP contribution in [-0.4, -0.2) is 29.0 Å². The second kappa shape index (κ2) is 6.09. The molecule has 0 radical (unpaired) electrons. The molecular formula is C16H21N3O. The van der Waals surface area contributed by atoms with Gasteiger partial charge in [-0.25, -0.2) is 4.68 Å². The number of nitrogens with zero attached hydrogens (tertiary/aromatic N) is 2. The molecule has 1 aliphatic rings. The van der Waals surface area contributed by atoms with E-state index in [1.807, 2.05) is 30.1 Å². The average molecular weight is 271 g/mol. The number of para-hydroxylation sites is 2. The Labute approximate surface area is 119 Å². The monoisotopic (exact) mass is 271 g/mol. The Hall–Kier alpha value is -1.81. The van der Waals surface area contributed by atoms with E-state index in [1.54, 1.807) is 6.20 Å². The molecule has 106 valence electrons. The van der Waals surface area contributed by atoms with Gasteiger partial charge in [0.2, 0.25) is 0 Å². The molecule has 20 heavy (non-hydrogen) atoms. The Morgan fingerprint density at radius 1 is 1.25 bits per heavy atom. The minimum Gasteiger partial charge on any atom is -0.381 e. The van der Waals surface area contributed by atoms with Gasteiger partial charge in [-0.1, -0.05) is 12.1 Å². The maximum atomic E-state index is 5.50. The van der Waals surface area contributed by atoms with E-state index >= 15 is 0 Å². The highest BCUT2D eigenvalue weighted by atomic mass is 16.5. The van der Waals surface area contributed by atoms with Crippen molar-refractivity contribution < 1.29 is 4.74 Å². The van der Waals surface area contributed by atoms with Crippen molar-refractivity contribution in [1.82, 2.24) is 9.78 Å². The van der Waals surface area contributed by atoms with Crippen LogP contribution in [0.5, 0.6) is 0 Å². The molecule has 2 atom stereocenters. The van der Waals surface area contributed by atoms with Crippen molar-refractivity contribution in [3.63, 3.8) is 0 Å². The predicted octanol–water partition coefficient (Wildman–Crippen LogP) is 3.24. The summed E-state index contributed by atoms with van der Waals surface area (Å²) in [4.78, 5) is 0. The predicted molar refractivity (Wildman–Crippen MR) is 80.2 cm³/mol. The summed E-state index contributed by atoms with van der Waals surface area (Å²) in [5.74, 6) is 0. The first kappa shape index (κ1) is 13.2. The van der Waals surface area contributed by atoms with Crippen LogP contribution in [0.25, 0.3) is 5.69 Å². The number of hydrogen-bond donors (Lipinski definition) is 1. The van der Waals surface area contributed by atoms with Crippen LogP contribution < -0.4 is 5.32 Å². The molecular weight excluding hydrogens is 250 g/mol. The second-order valence-electron chi connectivity index (χ2n) is 5.33. The van der Waals surface area contributed by atoms with Crippen molar-refractivity contribution in [1.29, 1.82) is 0 Å². The Morgan fingerprint density at radius 2 is 2.15 bits per heavy atom. The standard InChI is InChI=1S/C16H21N3O/c1-20-14-7-4-6-13(12-14)18-15-8-2-3-9-16(15)19-11-5-10-17-19/h2-3,5,8-11,13-14,18H,4,6-7,12H2,1H3. The molecule has 2 aromatic rings. The molecule has 0 saturated heterocycles. The number of methoxy groups -OCH3 is 1. The zero-order valence-corrected chi connectivity index (χ0v) is 11.8. The fraction of sp³-hybridized carbons (Fsp3) is 0.438. The van der Waals surface area contributed by atoms with E-state index in [4.69, 9.17) is 4.74 Å². The first-order valence-electron chi connectivity index (χ1n) is 7.25. The fourth-order valence-corrected chi connectivity index (χ4v) is 2.92. The van der Waals surface area contributed by atoms with Crippen molar-refractivity contribution in [3.05, 3.63) is 42.7 Å². The Balaban J connectivity index is 1.77. The Kier molecular flexibility index (Phi) is 4.02. The molecule has 4 heteroatoms. The van der Waals surface area contributed by atoms with Gasteiger partial charge in [0.15, 0.2) is 0 Å². The van der Waals surface area contributed by atoms with Crippen LogP contribution >= 0.6 is 0 Å². The molecule has 1 aromatic heterocycles. The van der Waals surface area contributed by atoms with Gasteiger partial charge in [0.05, 0.1) is 17.5 Å². The number of benzene rings is 1. The lowest BCUT2D eigenvalue weighted by molar-refractivity contribution is 0.0669. The lowest BCUT2D eigenvalue weighted by Crippen LogP contribution is -2.31. The van der Waals surface area contributed by atoms with Gasteiger partial charge in [-0.2, -0.15) is 5.10 Å². The average Bonchev–Trinajstić information content (AvgIpc) is 3.02. The summed E-state index contributed by atoms with van der Waals surface area (Å²) in [5, 5.41) is 7.98. The summed E-state index contributed by atoms with van der Waals surface area (Å²) in [7, 11) is 1.81. The number of anilines is 1. The van der Waals surface area contributed by atoms with Crippen LogP contribution in [0, 0.1) is 0 Å². The van der Waals surface area contributed by atoms with E-state index in [0.29, 0.717) is 12.1 Å². The number of aromatic nitrogens is 2. The van der Waals surface area contributed by atoms with Crippen LogP contribution in [0.3, 0.4) is 0 Å². The zero-order chi connectivity index (χ0) is 13.8. The molecule has 1 aromatic carbocycles. The molecule has 2 unspecified atom stereocenters. The van der Waals surface area contributed by atoms with Gasteiger partial charge < -0.3 is 10.1 Å². The van der Waals surface area contributed by atoms with Crippen LogP contribution in [-0.2, 0) is 4.74 Å². The van der Waals surface area contributed by atoms with E-state index in [0.717, 1.165) is 17.8 Å².